The van der Waals surface area contributed by atoms with Gasteiger partial charge in [-0.2, -0.15) is 4.98 Å². The summed E-state index contributed by atoms with van der Waals surface area (Å²) < 4.78 is 0. The van der Waals surface area contributed by atoms with Gasteiger partial charge in [0.25, 0.3) is 0 Å². The Kier molecular flexibility index (Phi) is 4.28. The van der Waals surface area contributed by atoms with Crippen LogP contribution in [0.1, 0.15) is 20.8 Å². The van der Waals surface area contributed by atoms with Crippen LogP contribution in [-0.4, -0.2) is 27.5 Å². The normalized spacial score (nSPS) is 10.5. The first-order valence-corrected chi connectivity index (χ1v) is 6.49. The van der Waals surface area contributed by atoms with Crippen LogP contribution in [0, 0.1) is 0 Å². The summed E-state index contributed by atoms with van der Waals surface area (Å²) in [5.41, 5.74) is 1.85. The van der Waals surface area contributed by atoms with E-state index in [-0.39, 0.29) is 0 Å². The topological polar surface area (TPSA) is 62.7 Å². The van der Waals surface area contributed by atoms with E-state index in [1.807, 2.05) is 25.1 Å². The van der Waals surface area contributed by atoms with Gasteiger partial charge in [0, 0.05) is 36.6 Å². The molecule has 2 N–H and O–H groups in total. The largest absolute Gasteiger partial charge is 0.368 e. The molecule has 0 fully saturated rings. The van der Waals surface area contributed by atoms with E-state index >= 15 is 0 Å². The predicted octanol–water partition coefficient (Wildman–Crippen LogP) is 2.79. The zero-order chi connectivity index (χ0) is 13.7. The van der Waals surface area contributed by atoms with Gasteiger partial charge in [0.2, 0.25) is 5.95 Å². The molecule has 2 heterocycles. The van der Waals surface area contributed by atoms with E-state index in [1.165, 1.54) is 0 Å². The molecule has 0 spiro atoms. The molecule has 2 aromatic heterocycles. The summed E-state index contributed by atoms with van der Waals surface area (Å²) in [6.45, 7) is 6.98. The van der Waals surface area contributed by atoms with Gasteiger partial charge in [0.05, 0.1) is 5.69 Å². The Morgan fingerprint density at radius 1 is 1.26 bits per heavy atom. The third-order valence-electron chi connectivity index (χ3n) is 2.45. The minimum absolute atomic E-state index is 0.325. The van der Waals surface area contributed by atoms with Gasteiger partial charge in [-0.1, -0.05) is 0 Å². The highest BCUT2D eigenvalue weighted by molar-refractivity contribution is 5.63. The molecule has 0 saturated heterocycles. The summed E-state index contributed by atoms with van der Waals surface area (Å²) in [4.78, 5) is 13.1. The van der Waals surface area contributed by atoms with Crippen molar-refractivity contribution in [1.82, 2.24) is 15.0 Å². The van der Waals surface area contributed by atoms with Crippen molar-refractivity contribution in [3.05, 3.63) is 30.6 Å². The number of aromatic nitrogens is 3. The summed E-state index contributed by atoms with van der Waals surface area (Å²) in [7, 11) is 0. The SMILES string of the molecule is CCNc1nc(NC(C)C)cc(-c2cccnc2)n1. The monoisotopic (exact) mass is 257 g/mol. The van der Waals surface area contributed by atoms with E-state index in [4.69, 9.17) is 0 Å². The molecule has 2 aromatic rings. The van der Waals surface area contributed by atoms with Gasteiger partial charge >= 0.3 is 0 Å². The van der Waals surface area contributed by atoms with Crippen LogP contribution in [0.25, 0.3) is 11.3 Å². The van der Waals surface area contributed by atoms with Gasteiger partial charge in [-0.15, -0.1) is 0 Å². The van der Waals surface area contributed by atoms with E-state index in [2.05, 4.69) is 39.4 Å². The summed E-state index contributed by atoms with van der Waals surface area (Å²) in [5.74, 6) is 1.45. The second kappa shape index (κ2) is 6.13. The van der Waals surface area contributed by atoms with Gasteiger partial charge in [-0.25, -0.2) is 4.98 Å². The second-order valence-electron chi connectivity index (χ2n) is 4.53. The summed E-state index contributed by atoms with van der Waals surface area (Å²) in [6, 6.07) is 6.16. The molecule has 0 atom stereocenters. The molecule has 19 heavy (non-hydrogen) atoms. The van der Waals surface area contributed by atoms with Crippen molar-refractivity contribution in [3.8, 4) is 11.3 Å². The molecule has 2 rings (SSSR count). The van der Waals surface area contributed by atoms with Crippen molar-refractivity contribution >= 4 is 11.8 Å². The Labute approximate surface area is 113 Å². The van der Waals surface area contributed by atoms with Gasteiger partial charge < -0.3 is 10.6 Å². The molecule has 5 heteroatoms. The van der Waals surface area contributed by atoms with Crippen molar-refractivity contribution in [1.29, 1.82) is 0 Å². The highest BCUT2D eigenvalue weighted by atomic mass is 15.1. The number of anilines is 2. The van der Waals surface area contributed by atoms with Crippen LogP contribution in [0.4, 0.5) is 11.8 Å². The van der Waals surface area contributed by atoms with E-state index in [1.54, 1.807) is 12.4 Å². The lowest BCUT2D eigenvalue weighted by molar-refractivity contribution is 0.886. The Hall–Kier alpha value is -2.17. The lowest BCUT2D eigenvalue weighted by Crippen LogP contribution is -2.13. The van der Waals surface area contributed by atoms with Crippen molar-refractivity contribution in [3.63, 3.8) is 0 Å². The van der Waals surface area contributed by atoms with Crippen molar-refractivity contribution < 1.29 is 0 Å². The zero-order valence-electron chi connectivity index (χ0n) is 11.5. The smallest absolute Gasteiger partial charge is 0.225 e. The first-order valence-electron chi connectivity index (χ1n) is 6.49. The van der Waals surface area contributed by atoms with E-state index < -0.39 is 0 Å². The standard InChI is InChI=1S/C14H19N5/c1-4-16-14-18-12(11-6-5-7-15-9-11)8-13(19-14)17-10(2)3/h5-10H,4H2,1-3H3,(H2,16,17,18,19). The molecule has 0 unspecified atom stereocenters. The summed E-state index contributed by atoms with van der Waals surface area (Å²) in [6.07, 6.45) is 3.56. The summed E-state index contributed by atoms with van der Waals surface area (Å²) >= 11 is 0. The van der Waals surface area contributed by atoms with Crippen LogP contribution >= 0.6 is 0 Å². The molecule has 0 bridgehead atoms. The maximum Gasteiger partial charge on any atom is 0.225 e. The molecule has 0 radical (unpaired) electrons. The molecule has 0 aliphatic carbocycles. The van der Waals surface area contributed by atoms with Gasteiger partial charge in [0.1, 0.15) is 5.82 Å². The lowest BCUT2D eigenvalue weighted by Gasteiger charge is -2.12. The average Bonchev–Trinajstić information content (AvgIpc) is 2.39. The molecule has 5 nitrogen and oxygen atoms in total. The van der Waals surface area contributed by atoms with E-state index in [0.29, 0.717) is 12.0 Å². The highest BCUT2D eigenvalue weighted by Crippen LogP contribution is 2.20. The van der Waals surface area contributed by atoms with Crippen LogP contribution in [0.2, 0.25) is 0 Å². The van der Waals surface area contributed by atoms with E-state index in [0.717, 1.165) is 23.6 Å². The van der Waals surface area contributed by atoms with Crippen LogP contribution in [0.3, 0.4) is 0 Å². The van der Waals surface area contributed by atoms with Gasteiger partial charge in [-0.05, 0) is 32.9 Å². The Bertz CT molecular complexity index is 525. The summed E-state index contributed by atoms with van der Waals surface area (Å²) in [5, 5.41) is 6.45. The van der Waals surface area contributed by atoms with Crippen LogP contribution in [-0.2, 0) is 0 Å². The number of hydrogen-bond acceptors (Lipinski definition) is 5. The minimum atomic E-state index is 0.325. The van der Waals surface area contributed by atoms with Crippen LogP contribution in [0.15, 0.2) is 30.6 Å². The fraction of sp³-hybridized carbons (Fsp3) is 0.357. The van der Waals surface area contributed by atoms with Gasteiger partial charge in [0.15, 0.2) is 0 Å². The number of hydrogen-bond donors (Lipinski definition) is 2. The van der Waals surface area contributed by atoms with E-state index in [9.17, 15) is 0 Å². The number of pyridine rings is 1. The molecule has 0 aliphatic heterocycles. The quantitative estimate of drug-likeness (QED) is 0.862. The van der Waals surface area contributed by atoms with Crippen LogP contribution in [0.5, 0.6) is 0 Å². The maximum atomic E-state index is 4.50. The van der Waals surface area contributed by atoms with Crippen molar-refractivity contribution in [2.45, 2.75) is 26.8 Å². The van der Waals surface area contributed by atoms with Gasteiger partial charge in [-0.3, -0.25) is 4.98 Å². The molecular formula is C14H19N5. The third-order valence-corrected chi connectivity index (χ3v) is 2.45. The number of rotatable bonds is 5. The fourth-order valence-corrected chi connectivity index (χ4v) is 1.72. The Balaban J connectivity index is 2.39. The average molecular weight is 257 g/mol. The highest BCUT2D eigenvalue weighted by Gasteiger charge is 2.07. The lowest BCUT2D eigenvalue weighted by atomic mass is 10.2. The fourth-order valence-electron chi connectivity index (χ4n) is 1.72. The molecule has 0 amide bonds. The zero-order valence-corrected chi connectivity index (χ0v) is 11.5. The molecule has 100 valence electrons. The molecule has 0 aliphatic rings. The first kappa shape index (κ1) is 13.3. The second-order valence-corrected chi connectivity index (χ2v) is 4.53. The Morgan fingerprint density at radius 3 is 2.74 bits per heavy atom. The minimum Gasteiger partial charge on any atom is -0.368 e. The maximum absolute atomic E-state index is 4.50. The molecular weight excluding hydrogens is 238 g/mol. The Morgan fingerprint density at radius 2 is 2.11 bits per heavy atom. The first-order chi connectivity index (χ1) is 9.19. The number of nitrogens with one attached hydrogen (secondary N) is 2. The number of nitrogens with zero attached hydrogens (tertiary/aromatic N) is 3. The third kappa shape index (κ3) is 3.64. The molecule has 0 aromatic carbocycles. The predicted molar refractivity (Wildman–Crippen MR) is 78.2 cm³/mol. The molecule has 0 saturated carbocycles. The van der Waals surface area contributed by atoms with Crippen LogP contribution < -0.4 is 10.6 Å². The van der Waals surface area contributed by atoms with Crippen molar-refractivity contribution in [2.24, 2.45) is 0 Å². The van der Waals surface area contributed by atoms with Crippen molar-refractivity contribution in [2.75, 3.05) is 17.2 Å².